The van der Waals surface area contributed by atoms with E-state index in [1.165, 1.54) is 6.08 Å². The van der Waals surface area contributed by atoms with Crippen LogP contribution in [0.3, 0.4) is 0 Å². The summed E-state index contributed by atoms with van der Waals surface area (Å²) in [6.45, 7) is 1.99. The molecule has 1 unspecified atom stereocenters. The molecule has 1 aromatic carbocycles. The van der Waals surface area contributed by atoms with E-state index in [-0.39, 0.29) is 6.17 Å². The quantitative estimate of drug-likeness (QED) is 0.782. The highest BCUT2D eigenvalue weighted by molar-refractivity contribution is 9.10. The third-order valence-corrected chi connectivity index (χ3v) is 3.34. The van der Waals surface area contributed by atoms with Crippen molar-refractivity contribution in [3.63, 3.8) is 0 Å². The number of anilines is 1. The summed E-state index contributed by atoms with van der Waals surface area (Å²) in [6, 6.07) is 5.79. The minimum absolute atomic E-state index is 0.0641. The van der Waals surface area contributed by atoms with Crippen molar-refractivity contribution in [2.45, 2.75) is 13.1 Å². The van der Waals surface area contributed by atoms with Gasteiger partial charge in [0.2, 0.25) is 0 Å². The first kappa shape index (κ1) is 12.0. The highest BCUT2D eigenvalue weighted by Crippen LogP contribution is 2.34. The normalized spacial score (nSPS) is 21.0. The van der Waals surface area contributed by atoms with E-state index in [0.717, 1.165) is 15.7 Å². The summed E-state index contributed by atoms with van der Waals surface area (Å²) >= 11 is 3.40. The molecule has 1 aliphatic rings. The van der Waals surface area contributed by atoms with Crippen LogP contribution in [0.4, 0.5) is 5.69 Å². The van der Waals surface area contributed by atoms with Gasteiger partial charge in [0.1, 0.15) is 0 Å². The Kier molecular flexibility index (Phi) is 3.11. The van der Waals surface area contributed by atoms with Crippen molar-refractivity contribution in [3.8, 4) is 0 Å². The minimum atomic E-state index is -0.938. The Labute approximate surface area is 108 Å². The number of fused-ring (bicyclic) bond motifs is 1. The number of aliphatic carboxylic acids is 1. The molecule has 0 aromatic heterocycles. The average molecular weight is 297 g/mol. The van der Waals surface area contributed by atoms with Gasteiger partial charge in [0.05, 0.1) is 11.9 Å². The lowest BCUT2D eigenvalue weighted by Gasteiger charge is -2.36. The van der Waals surface area contributed by atoms with Crippen LogP contribution in [0.1, 0.15) is 12.5 Å². The van der Waals surface area contributed by atoms with Crippen LogP contribution >= 0.6 is 15.9 Å². The summed E-state index contributed by atoms with van der Waals surface area (Å²) in [5.74, 6) is -0.938. The van der Waals surface area contributed by atoms with Crippen molar-refractivity contribution in [2.24, 2.45) is 0 Å². The topological polar surface area (TPSA) is 52.6 Å². The SMILES string of the molecule is CC1Nc2ccc(Br)cc2C(=CC(=O)O)N1C. The van der Waals surface area contributed by atoms with Gasteiger partial charge in [0, 0.05) is 28.8 Å². The number of hydrogen-bond acceptors (Lipinski definition) is 3. The lowest BCUT2D eigenvalue weighted by Crippen LogP contribution is -2.38. The van der Waals surface area contributed by atoms with Gasteiger partial charge in [0.25, 0.3) is 0 Å². The van der Waals surface area contributed by atoms with E-state index in [2.05, 4.69) is 21.2 Å². The van der Waals surface area contributed by atoms with Gasteiger partial charge >= 0.3 is 5.97 Å². The van der Waals surface area contributed by atoms with Crippen LogP contribution in [-0.2, 0) is 4.79 Å². The monoisotopic (exact) mass is 296 g/mol. The van der Waals surface area contributed by atoms with Gasteiger partial charge in [-0.3, -0.25) is 0 Å². The summed E-state index contributed by atoms with van der Waals surface area (Å²) in [5.41, 5.74) is 2.55. The zero-order valence-corrected chi connectivity index (χ0v) is 11.2. The van der Waals surface area contributed by atoms with Crippen molar-refractivity contribution in [3.05, 3.63) is 34.3 Å². The predicted molar refractivity (Wildman–Crippen MR) is 70.6 cm³/mol. The summed E-state index contributed by atoms with van der Waals surface area (Å²) in [5, 5.41) is 12.2. The smallest absolute Gasteiger partial charge is 0.330 e. The first-order valence-corrected chi connectivity index (χ1v) is 6.02. The number of carboxylic acids is 1. The Morgan fingerprint density at radius 1 is 1.59 bits per heavy atom. The summed E-state index contributed by atoms with van der Waals surface area (Å²) in [4.78, 5) is 12.8. The third kappa shape index (κ3) is 2.29. The zero-order valence-electron chi connectivity index (χ0n) is 9.57. The van der Waals surface area contributed by atoms with E-state index in [0.29, 0.717) is 5.70 Å². The number of hydrogen-bond donors (Lipinski definition) is 2. The van der Waals surface area contributed by atoms with E-state index < -0.39 is 5.97 Å². The molecule has 0 aliphatic carbocycles. The van der Waals surface area contributed by atoms with Crippen molar-refractivity contribution in [1.29, 1.82) is 0 Å². The van der Waals surface area contributed by atoms with Crippen LogP contribution < -0.4 is 5.32 Å². The van der Waals surface area contributed by atoms with E-state index in [9.17, 15) is 4.79 Å². The van der Waals surface area contributed by atoms with E-state index >= 15 is 0 Å². The summed E-state index contributed by atoms with van der Waals surface area (Å²) < 4.78 is 0.928. The fourth-order valence-corrected chi connectivity index (χ4v) is 2.23. The van der Waals surface area contributed by atoms with E-state index in [1.807, 2.05) is 37.1 Å². The molecule has 2 N–H and O–H groups in total. The van der Waals surface area contributed by atoms with Crippen molar-refractivity contribution in [1.82, 2.24) is 4.90 Å². The molecule has 1 aromatic rings. The maximum Gasteiger partial charge on any atom is 0.330 e. The Balaban J connectivity index is 2.58. The summed E-state index contributed by atoms with van der Waals surface area (Å²) in [6.07, 6.45) is 1.30. The lowest BCUT2D eigenvalue weighted by molar-refractivity contribution is -0.131. The van der Waals surface area contributed by atoms with Gasteiger partial charge in [-0.05, 0) is 25.1 Å². The lowest BCUT2D eigenvalue weighted by atomic mass is 10.0. The molecule has 4 nitrogen and oxygen atoms in total. The number of carbonyl (C=O) groups is 1. The number of nitrogens with zero attached hydrogens (tertiary/aromatic N) is 1. The second-order valence-electron chi connectivity index (χ2n) is 3.99. The largest absolute Gasteiger partial charge is 0.478 e. The highest BCUT2D eigenvalue weighted by atomic mass is 79.9. The van der Waals surface area contributed by atoms with Gasteiger partial charge in [-0.2, -0.15) is 0 Å². The Bertz CT molecular complexity index is 499. The molecule has 0 spiro atoms. The second kappa shape index (κ2) is 4.41. The zero-order chi connectivity index (χ0) is 12.6. The molecule has 0 saturated carbocycles. The predicted octanol–water partition coefficient (Wildman–Crippen LogP) is 2.58. The standard InChI is InChI=1S/C12H13BrN2O2/c1-7-14-10-4-3-8(13)5-9(10)11(15(7)2)6-12(16)17/h3-7,14H,1-2H3,(H,16,17). The molecular formula is C12H13BrN2O2. The molecule has 90 valence electrons. The van der Waals surface area contributed by atoms with Gasteiger partial charge in [0.15, 0.2) is 0 Å². The van der Waals surface area contributed by atoms with E-state index in [1.54, 1.807) is 0 Å². The summed E-state index contributed by atoms with van der Waals surface area (Å²) in [7, 11) is 1.87. The van der Waals surface area contributed by atoms with Crippen LogP contribution in [0.15, 0.2) is 28.7 Å². The third-order valence-electron chi connectivity index (χ3n) is 2.84. The molecule has 2 rings (SSSR count). The fraction of sp³-hybridized carbons (Fsp3) is 0.250. The molecule has 17 heavy (non-hydrogen) atoms. The van der Waals surface area contributed by atoms with Gasteiger partial charge < -0.3 is 15.3 Å². The molecule has 1 heterocycles. The minimum Gasteiger partial charge on any atom is -0.478 e. The number of carboxylic acid groups (broad SMARTS) is 1. The van der Waals surface area contributed by atoms with Crippen molar-refractivity contribution in [2.75, 3.05) is 12.4 Å². The second-order valence-corrected chi connectivity index (χ2v) is 4.90. The van der Waals surface area contributed by atoms with Crippen LogP contribution in [0, 0.1) is 0 Å². The van der Waals surface area contributed by atoms with Crippen LogP contribution in [0.5, 0.6) is 0 Å². The van der Waals surface area contributed by atoms with Gasteiger partial charge in [-0.15, -0.1) is 0 Å². The molecule has 1 atom stereocenters. The van der Waals surface area contributed by atoms with Crippen LogP contribution in [0.2, 0.25) is 0 Å². The molecular weight excluding hydrogens is 284 g/mol. The first-order valence-electron chi connectivity index (χ1n) is 5.23. The Hall–Kier alpha value is -1.49. The highest BCUT2D eigenvalue weighted by Gasteiger charge is 2.23. The van der Waals surface area contributed by atoms with Gasteiger partial charge in [-0.25, -0.2) is 4.79 Å². The number of benzene rings is 1. The number of halogens is 1. The van der Waals surface area contributed by atoms with Gasteiger partial charge in [-0.1, -0.05) is 15.9 Å². The molecule has 0 radical (unpaired) electrons. The van der Waals surface area contributed by atoms with Crippen LogP contribution in [-0.4, -0.2) is 29.2 Å². The van der Waals surface area contributed by atoms with Crippen molar-refractivity contribution >= 4 is 33.3 Å². The molecule has 0 bridgehead atoms. The average Bonchev–Trinajstić information content (AvgIpc) is 2.25. The van der Waals surface area contributed by atoms with Crippen molar-refractivity contribution < 1.29 is 9.90 Å². The number of rotatable bonds is 1. The maximum absolute atomic E-state index is 10.9. The number of nitrogens with one attached hydrogen (secondary N) is 1. The molecule has 0 amide bonds. The fourth-order valence-electron chi connectivity index (χ4n) is 1.87. The molecule has 5 heteroatoms. The maximum atomic E-state index is 10.9. The Morgan fingerprint density at radius 3 is 2.94 bits per heavy atom. The van der Waals surface area contributed by atoms with E-state index in [4.69, 9.17) is 5.11 Å². The molecule has 0 saturated heterocycles. The molecule has 1 aliphatic heterocycles. The Morgan fingerprint density at radius 2 is 2.29 bits per heavy atom. The molecule has 0 fully saturated rings. The van der Waals surface area contributed by atoms with Crippen LogP contribution in [0.25, 0.3) is 5.70 Å². The first-order chi connectivity index (χ1) is 7.99.